The van der Waals surface area contributed by atoms with Crippen LogP contribution in [0.3, 0.4) is 0 Å². The van der Waals surface area contributed by atoms with E-state index in [4.69, 9.17) is 69.6 Å². The van der Waals surface area contributed by atoms with E-state index in [1.165, 1.54) is 11.1 Å². The quantitative estimate of drug-likeness (QED) is 0.0959. The lowest BCUT2D eigenvalue weighted by atomic mass is 9.89. The first-order chi connectivity index (χ1) is 52.0. The molecular formula is C82H96Cl2N18O6. The van der Waals surface area contributed by atoms with Crippen molar-refractivity contribution in [3.8, 4) is 0 Å². The van der Waals surface area contributed by atoms with E-state index in [9.17, 15) is 14.4 Å². The number of benzene rings is 3. The van der Waals surface area contributed by atoms with Crippen molar-refractivity contribution in [2.45, 2.75) is 103 Å². The van der Waals surface area contributed by atoms with Gasteiger partial charge in [-0.15, -0.1) is 0 Å². The van der Waals surface area contributed by atoms with E-state index in [2.05, 4.69) is 103 Å². The topological polar surface area (TPSA) is 269 Å². The summed E-state index contributed by atoms with van der Waals surface area (Å²) in [5.41, 5.74) is 40.1. The Morgan fingerprint density at radius 3 is 0.981 bits per heavy atom. The molecule has 3 aromatic carbocycles. The molecule has 3 saturated heterocycles. The van der Waals surface area contributed by atoms with Crippen molar-refractivity contribution in [3.63, 3.8) is 0 Å². The summed E-state index contributed by atoms with van der Waals surface area (Å²) < 4.78 is 22.1. The van der Waals surface area contributed by atoms with Crippen molar-refractivity contribution in [2.24, 2.45) is 38.3 Å². The molecule has 3 fully saturated rings. The first-order valence-corrected chi connectivity index (χ1v) is 37.7. The maximum absolute atomic E-state index is 12.5. The number of aromatic nitrogens is 9. The third-order valence-corrected chi connectivity index (χ3v) is 21.2. The number of amides is 3. The molecule has 3 aliphatic heterocycles. The molecule has 9 heterocycles. The molecule has 564 valence electrons. The van der Waals surface area contributed by atoms with Crippen LogP contribution in [0.25, 0.3) is 34.9 Å². The van der Waals surface area contributed by atoms with Gasteiger partial charge in [0.25, 0.3) is 0 Å². The summed E-state index contributed by atoms with van der Waals surface area (Å²) in [5, 5.41) is 1.30. The number of nitrogens with zero attached hydrogens (tertiary/aromatic N) is 15. The largest absolute Gasteiger partial charge is 0.447 e. The standard InChI is InChI=1S/C28H34N6O2.2C27H31ClN6O2/c1-18(2)36-28(35)34-12-10-33(11-13-34)27-21-8-7-19(3)14-22(21)23(15-20-6-5-9-31-26(20)27)25(29)24-16-30-17-32(24)4;2*1-17(2)36-27(35)34-11-9-33(10-12-34)26-20-7-6-19(28)14-21(20)22(13-18-5-4-8-31-25(18)26)24(29)23-15-30-16-32(23)3/h5-9,14-18,25,27H,10-13,29H2,1-4H3;2*4-8,13-17,24,26H,9-12,29H2,1-3H3/t25?,27-;2*24?,26-/m000/s1. The number of carbonyl (C=O) groups excluding carboxylic acids is 3. The van der Waals surface area contributed by atoms with E-state index in [0.717, 1.165) is 108 Å². The number of halogens is 2. The van der Waals surface area contributed by atoms with Gasteiger partial charge in [-0.25, -0.2) is 29.3 Å². The second-order valence-electron chi connectivity index (χ2n) is 29.1. The second-order valence-corrected chi connectivity index (χ2v) is 30.0. The SMILES string of the molecule is CC(C)OC(=O)N1CCN([C@H]2c3ccc(Cl)cc3C(C(N)c3cncn3C)=Cc3cccnc32)CC1.CC(C)OC(=O)N1CCN([C@H]2c3ccc(Cl)cc3C(C(N)c3cncn3C)=Cc3cccnc32)CC1.Cc1ccc2c(c1)C(C(N)c1cncn1C)=Cc1cccnc1[C@H]2N1CCN(C(=O)OC(C)C)CC1. The van der Waals surface area contributed by atoms with Crippen LogP contribution in [0.2, 0.25) is 10.0 Å². The lowest BCUT2D eigenvalue weighted by Crippen LogP contribution is -2.50. The van der Waals surface area contributed by atoms with Gasteiger partial charge < -0.3 is 59.8 Å². The molecule has 24 nitrogen and oxygen atoms in total. The van der Waals surface area contributed by atoms with Gasteiger partial charge in [-0.05, 0) is 176 Å². The summed E-state index contributed by atoms with van der Waals surface area (Å²) in [6, 6.07) is 29.3. The highest BCUT2D eigenvalue weighted by Gasteiger charge is 2.40. The Balaban J connectivity index is 0.000000143. The average Bonchev–Trinajstić information content (AvgIpc) is 0.903. The molecular weight excluding hydrogens is 1400 g/mol. The normalized spacial score (nSPS) is 18.8. The lowest BCUT2D eigenvalue weighted by molar-refractivity contribution is 0.0506. The number of imidazole rings is 3. The Morgan fingerprint density at radius 2 is 0.704 bits per heavy atom. The summed E-state index contributed by atoms with van der Waals surface area (Å²) in [6.07, 6.45) is 21.5. The molecule has 0 spiro atoms. The minimum absolute atomic E-state index is 0.0486. The van der Waals surface area contributed by atoms with Crippen LogP contribution < -0.4 is 17.2 Å². The number of hydrogen-bond donors (Lipinski definition) is 3. The van der Waals surface area contributed by atoms with Gasteiger partial charge in [-0.2, -0.15) is 0 Å². The molecule has 3 aliphatic carbocycles. The van der Waals surface area contributed by atoms with Crippen LogP contribution in [-0.2, 0) is 35.4 Å². The Hall–Kier alpha value is -9.89. The van der Waals surface area contributed by atoms with Crippen molar-refractivity contribution in [1.29, 1.82) is 0 Å². The van der Waals surface area contributed by atoms with Crippen LogP contribution in [0.15, 0.2) is 147 Å². The van der Waals surface area contributed by atoms with Crippen LogP contribution in [-0.4, -0.2) is 188 Å². The molecule has 6 N–H and O–H groups in total. The van der Waals surface area contributed by atoms with Crippen molar-refractivity contribution >= 4 is 76.4 Å². The van der Waals surface area contributed by atoms with Gasteiger partial charge in [0.2, 0.25) is 0 Å². The minimum atomic E-state index is -0.399. The zero-order valence-electron chi connectivity index (χ0n) is 62.9. The van der Waals surface area contributed by atoms with Gasteiger partial charge in [0.05, 0.1) is 126 Å². The molecule has 108 heavy (non-hydrogen) atoms. The first kappa shape index (κ1) is 76.3. The van der Waals surface area contributed by atoms with Gasteiger partial charge in [-0.1, -0.05) is 77.3 Å². The number of piperazine rings is 3. The Bertz CT molecular complexity index is 4350. The van der Waals surface area contributed by atoms with Crippen LogP contribution >= 0.6 is 23.2 Å². The van der Waals surface area contributed by atoms with E-state index < -0.39 is 12.1 Å². The van der Waals surface area contributed by atoms with Crippen LogP contribution in [0, 0.1) is 6.92 Å². The van der Waals surface area contributed by atoms with Crippen molar-refractivity contribution in [3.05, 3.63) is 247 Å². The van der Waals surface area contributed by atoms with Crippen molar-refractivity contribution in [2.75, 3.05) is 78.5 Å². The number of ether oxygens (including phenoxy) is 3. The van der Waals surface area contributed by atoms with E-state index in [-0.39, 0.29) is 60.8 Å². The highest BCUT2D eigenvalue weighted by atomic mass is 35.5. The third kappa shape index (κ3) is 16.4. The molecule has 0 radical (unpaired) electrons. The Kier molecular flexibility index (Phi) is 23.5. The fourth-order valence-electron chi connectivity index (χ4n) is 15.4. The second kappa shape index (κ2) is 33.3. The zero-order chi connectivity index (χ0) is 76.2. The summed E-state index contributed by atoms with van der Waals surface area (Å²) in [5.74, 6) is 0. The summed E-state index contributed by atoms with van der Waals surface area (Å²) in [4.78, 5) is 77.3. The molecule has 15 rings (SSSR count). The molecule has 26 heteroatoms. The fourth-order valence-corrected chi connectivity index (χ4v) is 15.7. The molecule has 6 aromatic heterocycles. The maximum atomic E-state index is 12.5. The highest BCUT2D eigenvalue weighted by molar-refractivity contribution is 6.31. The summed E-state index contributed by atoms with van der Waals surface area (Å²) in [7, 11) is 5.86. The van der Waals surface area contributed by atoms with Crippen LogP contribution in [0.1, 0.15) is 168 Å². The molecule has 6 aliphatic rings. The number of aryl methyl sites for hydroxylation is 4. The van der Waals surface area contributed by atoms with E-state index >= 15 is 0 Å². The number of pyridine rings is 3. The average molecular weight is 1500 g/mol. The van der Waals surface area contributed by atoms with Crippen molar-refractivity contribution in [1.82, 2.24) is 73.0 Å². The number of fused-ring (bicyclic) bond motifs is 6. The zero-order valence-corrected chi connectivity index (χ0v) is 64.4. The predicted octanol–water partition coefficient (Wildman–Crippen LogP) is 12.5. The van der Waals surface area contributed by atoms with Crippen molar-refractivity contribution < 1.29 is 28.6 Å². The van der Waals surface area contributed by atoms with Gasteiger partial charge in [0.1, 0.15) is 0 Å². The fraction of sp³-hybridized carbons (Fsp3) is 0.378. The number of nitrogens with two attached hydrogens (primary N) is 3. The van der Waals surface area contributed by atoms with E-state index in [1.807, 2.05) is 144 Å². The predicted molar refractivity (Wildman–Crippen MR) is 421 cm³/mol. The van der Waals surface area contributed by atoms with E-state index in [1.54, 1.807) is 46.1 Å². The van der Waals surface area contributed by atoms with Gasteiger partial charge >= 0.3 is 18.3 Å². The Labute approximate surface area is 641 Å². The van der Waals surface area contributed by atoms with Crippen LogP contribution in [0.5, 0.6) is 0 Å². The molecule has 0 saturated carbocycles. The molecule has 3 unspecified atom stereocenters. The number of carbonyl (C=O) groups is 3. The monoisotopic (exact) mass is 1500 g/mol. The third-order valence-electron chi connectivity index (χ3n) is 20.7. The lowest BCUT2D eigenvalue weighted by Gasteiger charge is -2.39. The highest BCUT2D eigenvalue weighted by Crippen LogP contribution is 2.47. The molecule has 3 amide bonds. The number of rotatable bonds is 12. The minimum Gasteiger partial charge on any atom is -0.447 e. The van der Waals surface area contributed by atoms with Gasteiger partial charge in [0, 0.05) is 128 Å². The Morgan fingerprint density at radius 1 is 0.417 bits per heavy atom. The van der Waals surface area contributed by atoms with Gasteiger partial charge in [-0.3, -0.25) is 29.7 Å². The molecule has 0 bridgehead atoms. The smallest absolute Gasteiger partial charge is 0.410 e. The van der Waals surface area contributed by atoms with Gasteiger partial charge in [0.15, 0.2) is 0 Å². The van der Waals surface area contributed by atoms with Crippen LogP contribution in [0.4, 0.5) is 14.4 Å². The first-order valence-electron chi connectivity index (χ1n) is 36.9. The van der Waals surface area contributed by atoms with E-state index in [0.29, 0.717) is 75.5 Å². The summed E-state index contributed by atoms with van der Waals surface area (Å²) in [6.45, 7) is 21.1. The number of hydrogen-bond acceptors (Lipinski definition) is 18. The molecule has 6 atom stereocenters. The molecule has 9 aromatic rings. The maximum Gasteiger partial charge on any atom is 0.410 e. The summed E-state index contributed by atoms with van der Waals surface area (Å²) >= 11 is 13.0.